The summed E-state index contributed by atoms with van der Waals surface area (Å²) in [4.78, 5) is 13.4. The molecule has 0 N–H and O–H groups in total. The van der Waals surface area contributed by atoms with Crippen molar-refractivity contribution < 1.29 is 9.21 Å². The Morgan fingerprint density at radius 3 is 2.86 bits per heavy atom. The molecule has 0 radical (unpaired) electrons. The van der Waals surface area contributed by atoms with Crippen molar-refractivity contribution in [2.45, 2.75) is 13.0 Å². The van der Waals surface area contributed by atoms with Crippen LogP contribution < -0.4 is 0 Å². The molecule has 1 unspecified atom stereocenters. The average molecular weight is 281 g/mol. The summed E-state index contributed by atoms with van der Waals surface area (Å²) in [5, 5.41) is 0.869. The second-order valence-electron chi connectivity index (χ2n) is 3.03. The Labute approximate surface area is 96.1 Å². The SMILES string of the molecule is CC(CBr)N(C)C(=O)c1ccoc1Cl. The third-order valence-corrected chi connectivity index (χ3v) is 3.28. The fourth-order valence-corrected chi connectivity index (χ4v) is 1.57. The van der Waals surface area contributed by atoms with Gasteiger partial charge in [-0.2, -0.15) is 0 Å². The van der Waals surface area contributed by atoms with Gasteiger partial charge in [0.05, 0.1) is 11.8 Å². The van der Waals surface area contributed by atoms with Crippen molar-refractivity contribution in [2.24, 2.45) is 0 Å². The van der Waals surface area contributed by atoms with Crippen LogP contribution in [0.4, 0.5) is 0 Å². The molecule has 0 saturated heterocycles. The number of amides is 1. The molecule has 1 aromatic rings. The molecule has 0 bridgehead atoms. The number of halogens is 2. The zero-order chi connectivity index (χ0) is 10.7. The number of nitrogens with zero attached hydrogens (tertiary/aromatic N) is 1. The van der Waals surface area contributed by atoms with Gasteiger partial charge in [0.1, 0.15) is 0 Å². The quantitative estimate of drug-likeness (QED) is 0.798. The van der Waals surface area contributed by atoms with Gasteiger partial charge in [-0.3, -0.25) is 4.79 Å². The topological polar surface area (TPSA) is 33.5 Å². The van der Waals surface area contributed by atoms with Crippen LogP contribution in [0, 0.1) is 0 Å². The van der Waals surface area contributed by atoms with Gasteiger partial charge in [-0.1, -0.05) is 15.9 Å². The van der Waals surface area contributed by atoms with E-state index in [0.29, 0.717) is 5.56 Å². The summed E-state index contributed by atoms with van der Waals surface area (Å²) >= 11 is 9.02. The van der Waals surface area contributed by atoms with Gasteiger partial charge in [-0.25, -0.2) is 0 Å². The lowest BCUT2D eigenvalue weighted by Gasteiger charge is -2.22. The number of carbonyl (C=O) groups is 1. The van der Waals surface area contributed by atoms with Crippen LogP contribution >= 0.6 is 27.5 Å². The highest BCUT2D eigenvalue weighted by Crippen LogP contribution is 2.19. The number of alkyl halides is 1. The molecule has 3 nitrogen and oxygen atoms in total. The monoisotopic (exact) mass is 279 g/mol. The number of carbonyl (C=O) groups excluding carboxylic acids is 1. The molecule has 1 heterocycles. The smallest absolute Gasteiger partial charge is 0.258 e. The van der Waals surface area contributed by atoms with Gasteiger partial charge in [0.15, 0.2) is 0 Å². The van der Waals surface area contributed by atoms with E-state index < -0.39 is 0 Å². The molecule has 0 fully saturated rings. The first-order valence-corrected chi connectivity index (χ1v) is 5.64. The molecule has 0 aliphatic heterocycles. The molecule has 0 aliphatic rings. The van der Waals surface area contributed by atoms with Crippen molar-refractivity contribution in [3.63, 3.8) is 0 Å². The maximum Gasteiger partial charge on any atom is 0.258 e. The van der Waals surface area contributed by atoms with Gasteiger partial charge in [0.25, 0.3) is 5.91 Å². The van der Waals surface area contributed by atoms with Crippen LogP contribution in [0.2, 0.25) is 5.22 Å². The van der Waals surface area contributed by atoms with Crippen LogP contribution in [0.5, 0.6) is 0 Å². The third kappa shape index (κ3) is 2.30. The normalized spacial score (nSPS) is 12.6. The molecule has 1 aromatic heterocycles. The molecular formula is C9H11BrClNO2. The summed E-state index contributed by atoms with van der Waals surface area (Å²) in [6.07, 6.45) is 1.40. The maximum atomic E-state index is 11.8. The van der Waals surface area contributed by atoms with Crippen molar-refractivity contribution in [1.29, 1.82) is 0 Å². The Hall–Kier alpha value is -0.480. The standard InChI is InChI=1S/C9H11BrClNO2/c1-6(5-10)12(2)9(13)7-3-4-14-8(7)11/h3-4,6H,5H2,1-2H3. The molecule has 14 heavy (non-hydrogen) atoms. The number of hydrogen-bond acceptors (Lipinski definition) is 2. The Balaban J connectivity index is 2.81. The average Bonchev–Trinajstić information content (AvgIpc) is 2.61. The molecule has 1 atom stereocenters. The van der Waals surface area contributed by atoms with Gasteiger partial charge >= 0.3 is 0 Å². The van der Waals surface area contributed by atoms with Gasteiger partial charge < -0.3 is 9.32 Å². The minimum Gasteiger partial charge on any atom is -0.452 e. The minimum absolute atomic E-state index is 0.119. The first-order valence-electron chi connectivity index (χ1n) is 4.14. The van der Waals surface area contributed by atoms with Gasteiger partial charge in [-0.15, -0.1) is 0 Å². The second-order valence-corrected chi connectivity index (χ2v) is 4.02. The van der Waals surface area contributed by atoms with E-state index >= 15 is 0 Å². The van der Waals surface area contributed by atoms with E-state index in [1.807, 2.05) is 6.92 Å². The van der Waals surface area contributed by atoms with Crippen LogP contribution in [-0.4, -0.2) is 29.2 Å². The van der Waals surface area contributed by atoms with Crippen LogP contribution in [0.3, 0.4) is 0 Å². The van der Waals surface area contributed by atoms with Crippen molar-refractivity contribution >= 4 is 33.4 Å². The first-order chi connectivity index (χ1) is 6.57. The van der Waals surface area contributed by atoms with Crippen LogP contribution in [-0.2, 0) is 0 Å². The second kappa shape index (κ2) is 4.84. The number of furan rings is 1. The van der Waals surface area contributed by atoms with Gasteiger partial charge in [-0.05, 0) is 24.6 Å². The molecule has 5 heteroatoms. The molecule has 1 amide bonds. The summed E-state index contributed by atoms with van der Waals surface area (Å²) in [6, 6.07) is 1.69. The Bertz CT molecular complexity index is 326. The summed E-state index contributed by atoms with van der Waals surface area (Å²) < 4.78 is 4.86. The molecular weight excluding hydrogens is 269 g/mol. The Morgan fingerprint density at radius 2 is 2.43 bits per heavy atom. The highest BCUT2D eigenvalue weighted by atomic mass is 79.9. The predicted molar refractivity (Wildman–Crippen MR) is 59.1 cm³/mol. The lowest BCUT2D eigenvalue weighted by molar-refractivity contribution is 0.0757. The predicted octanol–water partition coefficient (Wildman–Crippen LogP) is 2.79. The van der Waals surface area contributed by atoms with E-state index in [4.69, 9.17) is 16.0 Å². The number of hydrogen-bond donors (Lipinski definition) is 0. The molecule has 0 aliphatic carbocycles. The van der Waals surface area contributed by atoms with Crippen molar-refractivity contribution in [3.05, 3.63) is 23.1 Å². The van der Waals surface area contributed by atoms with Crippen LogP contribution in [0.25, 0.3) is 0 Å². The van der Waals surface area contributed by atoms with E-state index in [9.17, 15) is 4.79 Å². The molecule has 0 saturated carbocycles. The van der Waals surface area contributed by atoms with E-state index in [0.717, 1.165) is 5.33 Å². The zero-order valence-electron chi connectivity index (χ0n) is 7.96. The molecule has 78 valence electrons. The van der Waals surface area contributed by atoms with Gasteiger partial charge in [0, 0.05) is 18.4 Å². The largest absolute Gasteiger partial charge is 0.452 e. The molecule has 1 rings (SSSR count). The Kier molecular flexibility index (Phi) is 4.01. The summed E-state index contributed by atoms with van der Waals surface area (Å²) in [5.41, 5.74) is 0.405. The summed E-state index contributed by atoms with van der Waals surface area (Å²) in [6.45, 7) is 1.95. The highest BCUT2D eigenvalue weighted by molar-refractivity contribution is 9.09. The molecule has 0 spiro atoms. The van der Waals surface area contributed by atoms with Crippen LogP contribution in [0.15, 0.2) is 16.7 Å². The van der Waals surface area contributed by atoms with Crippen molar-refractivity contribution in [1.82, 2.24) is 4.90 Å². The number of rotatable bonds is 3. The van der Waals surface area contributed by atoms with Crippen molar-refractivity contribution in [2.75, 3.05) is 12.4 Å². The lowest BCUT2D eigenvalue weighted by atomic mass is 10.2. The summed E-state index contributed by atoms with van der Waals surface area (Å²) in [7, 11) is 1.73. The van der Waals surface area contributed by atoms with E-state index in [2.05, 4.69) is 15.9 Å². The van der Waals surface area contributed by atoms with Crippen molar-refractivity contribution in [3.8, 4) is 0 Å². The first kappa shape index (κ1) is 11.6. The summed E-state index contributed by atoms with van der Waals surface area (Å²) in [5.74, 6) is -0.129. The van der Waals surface area contributed by atoms with E-state index in [-0.39, 0.29) is 17.2 Å². The highest BCUT2D eigenvalue weighted by Gasteiger charge is 2.20. The van der Waals surface area contributed by atoms with Crippen LogP contribution in [0.1, 0.15) is 17.3 Å². The molecule has 0 aromatic carbocycles. The fraction of sp³-hybridized carbons (Fsp3) is 0.444. The van der Waals surface area contributed by atoms with E-state index in [1.165, 1.54) is 6.26 Å². The maximum absolute atomic E-state index is 11.8. The lowest BCUT2D eigenvalue weighted by Crippen LogP contribution is -2.35. The fourth-order valence-electron chi connectivity index (χ4n) is 0.940. The van der Waals surface area contributed by atoms with Gasteiger partial charge in [0.2, 0.25) is 5.22 Å². The van der Waals surface area contributed by atoms with E-state index in [1.54, 1.807) is 18.0 Å². The zero-order valence-corrected chi connectivity index (χ0v) is 10.3. The third-order valence-electron chi connectivity index (χ3n) is 2.05. The Morgan fingerprint density at radius 1 is 1.79 bits per heavy atom. The minimum atomic E-state index is -0.129.